The van der Waals surface area contributed by atoms with Gasteiger partial charge in [-0.15, -0.1) is 11.3 Å². The van der Waals surface area contributed by atoms with Crippen LogP contribution in [0.1, 0.15) is 6.92 Å². The van der Waals surface area contributed by atoms with Gasteiger partial charge in [-0.3, -0.25) is 9.59 Å². The molecule has 7 nitrogen and oxygen atoms in total. The average molecular weight is 493 g/mol. The van der Waals surface area contributed by atoms with E-state index in [1.165, 1.54) is 23.1 Å². The van der Waals surface area contributed by atoms with Gasteiger partial charge in [-0.2, -0.15) is 0 Å². The van der Waals surface area contributed by atoms with Crippen LogP contribution in [0.25, 0.3) is 21.3 Å². The van der Waals surface area contributed by atoms with E-state index in [1.54, 1.807) is 6.92 Å². The van der Waals surface area contributed by atoms with Crippen LogP contribution in [0.2, 0.25) is 0 Å². The molecule has 34 heavy (non-hydrogen) atoms. The van der Waals surface area contributed by atoms with E-state index < -0.39 is 5.25 Å². The summed E-state index contributed by atoms with van der Waals surface area (Å²) in [5.74, 6) is -0.150. The highest BCUT2D eigenvalue weighted by Gasteiger charge is 2.19. The van der Waals surface area contributed by atoms with E-state index in [2.05, 4.69) is 20.2 Å². The second-order valence-electron chi connectivity index (χ2n) is 7.96. The first-order chi connectivity index (χ1) is 16.6. The van der Waals surface area contributed by atoms with Gasteiger partial charge in [0.2, 0.25) is 5.91 Å². The summed E-state index contributed by atoms with van der Waals surface area (Å²) in [6, 6.07) is 17.6. The normalized spacial score (nSPS) is 14.8. The number of H-pyrrole nitrogens is 1. The van der Waals surface area contributed by atoms with Crippen LogP contribution in [0.15, 0.2) is 69.9 Å². The Bertz CT molecular complexity index is 1350. The van der Waals surface area contributed by atoms with Crippen molar-refractivity contribution in [2.75, 3.05) is 36.5 Å². The van der Waals surface area contributed by atoms with Gasteiger partial charge in [0.1, 0.15) is 4.83 Å². The molecule has 0 unspecified atom stereocenters. The highest BCUT2D eigenvalue weighted by atomic mass is 32.2. The number of morpholine rings is 1. The molecule has 5 rings (SSSR count). The fourth-order valence-electron chi connectivity index (χ4n) is 3.86. The number of carbonyl (C=O) groups is 1. The van der Waals surface area contributed by atoms with Crippen LogP contribution in [-0.4, -0.2) is 47.4 Å². The van der Waals surface area contributed by atoms with Crippen molar-refractivity contribution in [3.8, 4) is 11.1 Å². The minimum Gasteiger partial charge on any atom is -0.378 e. The maximum atomic E-state index is 12.8. The number of nitrogens with one attached hydrogen (secondary N) is 2. The molecule has 1 aliphatic heterocycles. The SMILES string of the molecule is C[C@H](Sc1nc2scc(-c3ccccc3)c2c(=O)[nH]1)C(=O)Nc1ccc(N2CCOCC2)cc1. The summed E-state index contributed by atoms with van der Waals surface area (Å²) in [5.41, 5.74) is 3.51. The number of amides is 1. The zero-order chi connectivity index (χ0) is 23.5. The molecular weight excluding hydrogens is 468 g/mol. The van der Waals surface area contributed by atoms with E-state index in [0.29, 0.717) is 15.4 Å². The van der Waals surface area contributed by atoms with Crippen molar-refractivity contribution in [2.24, 2.45) is 0 Å². The topological polar surface area (TPSA) is 87.3 Å². The van der Waals surface area contributed by atoms with Crippen molar-refractivity contribution >= 4 is 50.6 Å². The zero-order valence-electron chi connectivity index (χ0n) is 18.6. The minimum absolute atomic E-state index is 0.150. The largest absolute Gasteiger partial charge is 0.378 e. The predicted octanol–water partition coefficient (Wildman–Crippen LogP) is 4.61. The van der Waals surface area contributed by atoms with Gasteiger partial charge < -0.3 is 19.9 Å². The van der Waals surface area contributed by atoms with Crippen molar-refractivity contribution < 1.29 is 9.53 Å². The number of thiophene rings is 1. The molecule has 1 saturated heterocycles. The van der Waals surface area contributed by atoms with Crippen LogP contribution in [0.4, 0.5) is 11.4 Å². The Labute approximate surface area is 205 Å². The van der Waals surface area contributed by atoms with Crippen molar-refractivity contribution in [1.82, 2.24) is 9.97 Å². The highest BCUT2D eigenvalue weighted by Crippen LogP contribution is 2.32. The van der Waals surface area contributed by atoms with Gasteiger partial charge in [-0.25, -0.2) is 4.98 Å². The van der Waals surface area contributed by atoms with Crippen LogP contribution >= 0.6 is 23.1 Å². The number of anilines is 2. The number of rotatable bonds is 6. The molecule has 2 aromatic carbocycles. The monoisotopic (exact) mass is 492 g/mol. The number of hydrogen-bond donors (Lipinski definition) is 2. The molecule has 0 bridgehead atoms. The van der Waals surface area contributed by atoms with Crippen LogP contribution in [0, 0.1) is 0 Å². The summed E-state index contributed by atoms with van der Waals surface area (Å²) in [6.45, 7) is 5.00. The summed E-state index contributed by atoms with van der Waals surface area (Å²) < 4.78 is 5.40. The first-order valence-electron chi connectivity index (χ1n) is 11.1. The summed E-state index contributed by atoms with van der Waals surface area (Å²) in [6.07, 6.45) is 0. The predicted molar refractivity (Wildman–Crippen MR) is 139 cm³/mol. The maximum Gasteiger partial charge on any atom is 0.260 e. The fourth-order valence-corrected chi connectivity index (χ4v) is 5.66. The van der Waals surface area contributed by atoms with Crippen LogP contribution in [0.5, 0.6) is 0 Å². The Hall–Kier alpha value is -3.14. The average Bonchev–Trinajstić information content (AvgIpc) is 3.30. The van der Waals surface area contributed by atoms with E-state index in [9.17, 15) is 9.59 Å². The van der Waals surface area contributed by atoms with Gasteiger partial charge in [0.25, 0.3) is 5.56 Å². The second kappa shape index (κ2) is 10.0. The molecule has 1 atom stereocenters. The molecule has 0 saturated carbocycles. The molecule has 174 valence electrons. The number of benzene rings is 2. The van der Waals surface area contributed by atoms with E-state index >= 15 is 0 Å². The number of carbonyl (C=O) groups excluding carboxylic acids is 1. The Balaban J connectivity index is 1.26. The lowest BCUT2D eigenvalue weighted by Gasteiger charge is -2.28. The van der Waals surface area contributed by atoms with Crippen molar-refractivity contribution in [2.45, 2.75) is 17.3 Å². The molecule has 1 fully saturated rings. The molecule has 9 heteroatoms. The third-order valence-electron chi connectivity index (χ3n) is 5.68. The standard InChI is InChI=1S/C25H24N4O3S2/c1-16(22(30)26-18-7-9-19(10-8-18)29-11-13-32-14-12-29)34-25-27-23(31)21-20(15-33-24(21)28-25)17-5-3-2-4-6-17/h2-10,15-16H,11-14H2,1H3,(H,26,30)(H,27,28,31)/t16-/m0/s1. The summed E-state index contributed by atoms with van der Waals surface area (Å²) in [5, 5.41) is 5.48. The lowest BCUT2D eigenvalue weighted by atomic mass is 10.1. The lowest BCUT2D eigenvalue weighted by Crippen LogP contribution is -2.36. The Morgan fingerprint density at radius 2 is 1.88 bits per heavy atom. The fraction of sp³-hybridized carbons (Fsp3) is 0.240. The molecule has 1 aliphatic rings. The van der Waals surface area contributed by atoms with Crippen molar-refractivity contribution in [3.63, 3.8) is 0 Å². The van der Waals surface area contributed by atoms with Crippen molar-refractivity contribution in [1.29, 1.82) is 0 Å². The maximum absolute atomic E-state index is 12.8. The Kier molecular flexibility index (Phi) is 6.66. The smallest absolute Gasteiger partial charge is 0.260 e. The molecule has 2 aromatic heterocycles. The number of nitrogens with zero attached hydrogens (tertiary/aromatic N) is 2. The highest BCUT2D eigenvalue weighted by molar-refractivity contribution is 8.00. The summed E-state index contributed by atoms with van der Waals surface area (Å²) in [4.78, 5) is 36.0. The third-order valence-corrected chi connectivity index (χ3v) is 7.53. The van der Waals surface area contributed by atoms with Crippen molar-refractivity contribution in [3.05, 3.63) is 70.3 Å². The number of aromatic nitrogens is 2. The number of thioether (sulfide) groups is 1. The van der Waals surface area contributed by atoms with Crippen LogP contribution in [-0.2, 0) is 9.53 Å². The van der Waals surface area contributed by atoms with Gasteiger partial charge in [0, 0.05) is 35.4 Å². The molecule has 1 amide bonds. The summed E-state index contributed by atoms with van der Waals surface area (Å²) >= 11 is 2.67. The minimum atomic E-state index is -0.437. The lowest BCUT2D eigenvalue weighted by molar-refractivity contribution is -0.115. The van der Waals surface area contributed by atoms with E-state index in [4.69, 9.17) is 4.74 Å². The number of ether oxygens (including phenoxy) is 1. The van der Waals surface area contributed by atoms with Gasteiger partial charge in [0.15, 0.2) is 5.16 Å². The van der Waals surface area contributed by atoms with E-state index in [1.807, 2.05) is 60.0 Å². The Morgan fingerprint density at radius 1 is 1.15 bits per heavy atom. The number of fused-ring (bicyclic) bond motifs is 1. The molecule has 3 heterocycles. The molecule has 0 aliphatic carbocycles. The molecular formula is C25H24N4O3S2. The first kappa shape index (κ1) is 22.6. The second-order valence-corrected chi connectivity index (χ2v) is 10.1. The van der Waals surface area contributed by atoms with Crippen LogP contribution < -0.4 is 15.8 Å². The molecule has 0 spiro atoms. The zero-order valence-corrected chi connectivity index (χ0v) is 20.2. The van der Waals surface area contributed by atoms with Gasteiger partial charge in [0.05, 0.1) is 23.8 Å². The first-order valence-corrected chi connectivity index (χ1v) is 12.8. The molecule has 4 aromatic rings. The van der Waals surface area contributed by atoms with Crippen LogP contribution in [0.3, 0.4) is 0 Å². The van der Waals surface area contributed by atoms with Gasteiger partial charge in [-0.05, 0) is 36.8 Å². The van der Waals surface area contributed by atoms with Gasteiger partial charge in [-0.1, -0.05) is 42.1 Å². The van der Waals surface area contributed by atoms with E-state index in [0.717, 1.165) is 48.8 Å². The number of aromatic amines is 1. The van der Waals surface area contributed by atoms with Gasteiger partial charge >= 0.3 is 0 Å². The molecule has 0 radical (unpaired) electrons. The quantitative estimate of drug-likeness (QED) is 0.302. The number of hydrogen-bond acceptors (Lipinski definition) is 7. The summed E-state index contributed by atoms with van der Waals surface area (Å²) in [7, 11) is 0. The Morgan fingerprint density at radius 3 is 2.62 bits per heavy atom. The molecule has 2 N–H and O–H groups in total. The third kappa shape index (κ3) is 4.86. The van der Waals surface area contributed by atoms with E-state index in [-0.39, 0.29) is 11.5 Å².